The smallest absolute Gasteiger partial charge is 0.227 e. The number of aromatic nitrogens is 2. The van der Waals surface area contributed by atoms with Crippen molar-refractivity contribution in [3.8, 4) is 10.6 Å². The number of hydrogen-bond donors (Lipinski definition) is 1. The predicted molar refractivity (Wildman–Crippen MR) is 138 cm³/mol. The molecule has 1 N–H and O–H groups in total. The molecule has 0 saturated heterocycles. The molecular formula is C27H34N4O2S. The summed E-state index contributed by atoms with van der Waals surface area (Å²) in [5, 5.41) is 12.4. The molecule has 34 heavy (non-hydrogen) atoms. The predicted octanol–water partition coefficient (Wildman–Crippen LogP) is 6.34. The first kappa shape index (κ1) is 25.6. The van der Waals surface area contributed by atoms with Crippen molar-refractivity contribution in [1.82, 2.24) is 15.1 Å². The quantitative estimate of drug-likeness (QED) is 0.330. The Bertz CT molecular complexity index is 1040. The van der Waals surface area contributed by atoms with E-state index >= 15 is 0 Å². The summed E-state index contributed by atoms with van der Waals surface area (Å²) in [6.07, 6.45) is 3.97. The van der Waals surface area contributed by atoms with Crippen molar-refractivity contribution in [3.05, 3.63) is 66.2 Å². The molecule has 2 atom stereocenters. The van der Waals surface area contributed by atoms with Gasteiger partial charge in [0.15, 0.2) is 0 Å². The van der Waals surface area contributed by atoms with E-state index < -0.39 is 0 Å². The summed E-state index contributed by atoms with van der Waals surface area (Å²) in [5.74, 6) is -0.0661. The van der Waals surface area contributed by atoms with Gasteiger partial charge < -0.3 is 10.2 Å². The molecule has 2 aromatic carbocycles. The first-order valence-electron chi connectivity index (χ1n) is 12.1. The summed E-state index contributed by atoms with van der Waals surface area (Å²) in [7, 11) is 0. The standard InChI is InChI=1S/C27H34N4O2S/c1-4-6-13-21(5-2)26(33)31(20(3)22-14-9-7-10-15-22)19-18-24(32)28-27-30-29-25(34-27)23-16-11-8-12-17-23/h7-12,14-17,20-21H,4-6,13,18-19H2,1-3H3,(H,28,30,32). The van der Waals surface area contributed by atoms with Crippen LogP contribution in [0.1, 0.15) is 64.5 Å². The van der Waals surface area contributed by atoms with Crippen LogP contribution < -0.4 is 5.32 Å². The Morgan fingerprint density at radius 3 is 2.32 bits per heavy atom. The van der Waals surface area contributed by atoms with Gasteiger partial charge in [-0.05, 0) is 25.3 Å². The second-order valence-electron chi connectivity index (χ2n) is 8.44. The minimum absolute atomic E-state index is 0.0224. The molecule has 3 aromatic rings. The number of nitrogens with one attached hydrogen (secondary N) is 1. The van der Waals surface area contributed by atoms with Crippen molar-refractivity contribution >= 4 is 28.3 Å². The first-order chi connectivity index (χ1) is 16.5. The highest BCUT2D eigenvalue weighted by atomic mass is 32.1. The summed E-state index contributed by atoms with van der Waals surface area (Å²) >= 11 is 1.34. The molecule has 2 unspecified atom stereocenters. The zero-order valence-corrected chi connectivity index (χ0v) is 21.1. The maximum absolute atomic E-state index is 13.5. The summed E-state index contributed by atoms with van der Waals surface area (Å²) in [6, 6.07) is 19.6. The zero-order chi connectivity index (χ0) is 24.3. The molecule has 180 valence electrons. The Morgan fingerprint density at radius 2 is 1.68 bits per heavy atom. The van der Waals surface area contributed by atoms with E-state index in [0.29, 0.717) is 11.7 Å². The maximum Gasteiger partial charge on any atom is 0.227 e. The van der Waals surface area contributed by atoms with Crippen LogP contribution in [-0.2, 0) is 9.59 Å². The van der Waals surface area contributed by atoms with Crippen LogP contribution in [0.25, 0.3) is 10.6 Å². The number of hydrogen-bond acceptors (Lipinski definition) is 5. The third kappa shape index (κ3) is 6.97. The van der Waals surface area contributed by atoms with Gasteiger partial charge in [-0.15, -0.1) is 10.2 Å². The Labute approximate surface area is 206 Å². The second kappa shape index (κ2) is 13.0. The second-order valence-corrected chi connectivity index (χ2v) is 9.42. The average Bonchev–Trinajstić information content (AvgIpc) is 3.34. The maximum atomic E-state index is 13.5. The lowest BCUT2D eigenvalue weighted by atomic mass is 9.96. The van der Waals surface area contributed by atoms with Gasteiger partial charge in [0.2, 0.25) is 16.9 Å². The molecule has 6 nitrogen and oxygen atoms in total. The number of benzene rings is 2. The van der Waals surface area contributed by atoms with Gasteiger partial charge in [0.25, 0.3) is 0 Å². The molecule has 2 amide bonds. The van der Waals surface area contributed by atoms with Gasteiger partial charge in [-0.2, -0.15) is 0 Å². The van der Waals surface area contributed by atoms with E-state index in [2.05, 4.69) is 29.4 Å². The van der Waals surface area contributed by atoms with Gasteiger partial charge in [0.1, 0.15) is 5.01 Å². The van der Waals surface area contributed by atoms with Crippen LogP contribution in [0.3, 0.4) is 0 Å². The van der Waals surface area contributed by atoms with Gasteiger partial charge in [0, 0.05) is 24.4 Å². The third-order valence-electron chi connectivity index (χ3n) is 6.05. The minimum Gasteiger partial charge on any atom is -0.335 e. The van der Waals surface area contributed by atoms with Crippen molar-refractivity contribution in [2.24, 2.45) is 5.92 Å². The molecule has 0 aliphatic rings. The highest BCUT2D eigenvalue weighted by molar-refractivity contribution is 7.18. The molecule has 7 heteroatoms. The van der Waals surface area contributed by atoms with Crippen molar-refractivity contribution < 1.29 is 9.59 Å². The average molecular weight is 479 g/mol. The van der Waals surface area contributed by atoms with E-state index in [4.69, 9.17) is 0 Å². The highest BCUT2D eigenvalue weighted by Crippen LogP contribution is 2.27. The Kier molecular flexibility index (Phi) is 9.76. The van der Waals surface area contributed by atoms with Gasteiger partial charge in [-0.25, -0.2) is 0 Å². The lowest BCUT2D eigenvalue weighted by molar-refractivity contribution is -0.138. The molecule has 0 aliphatic carbocycles. The van der Waals surface area contributed by atoms with Gasteiger partial charge in [0.05, 0.1) is 6.04 Å². The largest absolute Gasteiger partial charge is 0.335 e. The fraction of sp³-hybridized carbons (Fsp3) is 0.407. The SMILES string of the molecule is CCCCC(CC)C(=O)N(CCC(=O)Nc1nnc(-c2ccccc2)s1)C(C)c1ccccc1. The summed E-state index contributed by atoms with van der Waals surface area (Å²) < 4.78 is 0. The molecule has 1 aromatic heterocycles. The summed E-state index contributed by atoms with van der Waals surface area (Å²) in [6.45, 7) is 6.60. The van der Waals surface area contributed by atoms with E-state index in [1.54, 1.807) is 0 Å². The Balaban J connectivity index is 1.67. The third-order valence-corrected chi connectivity index (χ3v) is 6.94. The number of unbranched alkanes of at least 4 members (excludes halogenated alkanes) is 1. The molecular weight excluding hydrogens is 444 g/mol. The monoisotopic (exact) mass is 478 g/mol. The van der Waals surface area contributed by atoms with Crippen LogP contribution in [0, 0.1) is 5.92 Å². The molecule has 1 heterocycles. The number of rotatable bonds is 12. The fourth-order valence-corrected chi connectivity index (χ4v) is 4.73. The van der Waals surface area contributed by atoms with Crippen LogP contribution in [0.4, 0.5) is 5.13 Å². The number of anilines is 1. The summed E-state index contributed by atoms with van der Waals surface area (Å²) in [4.78, 5) is 28.1. The highest BCUT2D eigenvalue weighted by Gasteiger charge is 2.27. The van der Waals surface area contributed by atoms with Crippen molar-refractivity contribution in [1.29, 1.82) is 0 Å². The molecule has 3 rings (SSSR count). The molecule has 0 radical (unpaired) electrons. The van der Waals surface area contributed by atoms with Crippen LogP contribution >= 0.6 is 11.3 Å². The van der Waals surface area contributed by atoms with Crippen molar-refractivity contribution in [2.75, 3.05) is 11.9 Å². The van der Waals surface area contributed by atoms with Crippen LogP contribution in [0.15, 0.2) is 60.7 Å². The molecule has 0 aliphatic heterocycles. The first-order valence-corrected chi connectivity index (χ1v) is 12.9. The van der Waals surface area contributed by atoms with E-state index in [9.17, 15) is 9.59 Å². The molecule has 0 fully saturated rings. The molecule has 0 spiro atoms. The van der Waals surface area contributed by atoms with E-state index in [-0.39, 0.29) is 30.2 Å². The number of carbonyl (C=O) groups is 2. The number of carbonyl (C=O) groups excluding carboxylic acids is 2. The van der Waals surface area contributed by atoms with E-state index in [0.717, 1.165) is 41.8 Å². The normalized spacial score (nSPS) is 12.7. The van der Waals surface area contributed by atoms with Crippen LogP contribution in [0.2, 0.25) is 0 Å². The van der Waals surface area contributed by atoms with Gasteiger partial charge >= 0.3 is 0 Å². The van der Waals surface area contributed by atoms with Crippen LogP contribution in [0.5, 0.6) is 0 Å². The number of amides is 2. The van der Waals surface area contributed by atoms with E-state index in [1.165, 1.54) is 11.3 Å². The van der Waals surface area contributed by atoms with Crippen molar-refractivity contribution in [3.63, 3.8) is 0 Å². The van der Waals surface area contributed by atoms with Gasteiger partial charge in [-0.3, -0.25) is 9.59 Å². The van der Waals surface area contributed by atoms with Crippen molar-refractivity contribution in [2.45, 2.75) is 58.9 Å². The van der Waals surface area contributed by atoms with Gasteiger partial charge in [-0.1, -0.05) is 98.7 Å². The zero-order valence-electron chi connectivity index (χ0n) is 20.2. The molecule has 0 saturated carbocycles. The molecule has 0 bridgehead atoms. The van der Waals surface area contributed by atoms with E-state index in [1.807, 2.05) is 72.5 Å². The summed E-state index contributed by atoms with van der Waals surface area (Å²) in [5.41, 5.74) is 2.03. The van der Waals surface area contributed by atoms with Crippen LogP contribution in [-0.4, -0.2) is 33.5 Å². The Hall–Kier alpha value is -3.06. The Morgan fingerprint density at radius 1 is 1.00 bits per heavy atom. The fourth-order valence-electron chi connectivity index (χ4n) is 3.97. The lowest BCUT2D eigenvalue weighted by Crippen LogP contribution is -2.39. The minimum atomic E-state index is -0.171. The number of nitrogens with zero attached hydrogens (tertiary/aromatic N) is 3. The lowest BCUT2D eigenvalue weighted by Gasteiger charge is -2.32. The topological polar surface area (TPSA) is 75.2 Å².